The molecule has 2 aromatic carbocycles. The SMILES string of the molecule is O=C(COC(=O)CCc1ccc(-c2ccccc2)o1)NNC(=O)c1ccccc1. The first kappa shape index (κ1) is 19.9. The summed E-state index contributed by atoms with van der Waals surface area (Å²) in [4.78, 5) is 35.3. The number of carbonyl (C=O) groups excluding carboxylic acids is 3. The summed E-state index contributed by atoms with van der Waals surface area (Å²) in [6.07, 6.45) is 0.434. The highest BCUT2D eigenvalue weighted by Gasteiger charge is 2.11. The van der Waals surface area contributed by atoms with Crippen molar-refractivity contribution in [3.63, 3.8) is 0 Å². The molecule has 0 aliphatic rings. The van der Waals surface area contributed by atoms with Crippen LogP contribution in [0.4, 0.5) is 0 Å². The summed E-state index contributed by atoms with van der Waals surface area (Å²) in [6.45, 7) is -0.485. The molecule has 7 heteroatoms. The van der Waals surface area contributed by atoms with Gasteiger partial charge in [0.05, 0.1) is 6.42 Å². The second-order valence-corrected chi connectivity index (χ2v) is 6.16. The van der Waals surface area contributed by atoms with Crippen LogP contribution in [0.15, 0.2) is 77.2 Å². The minimum absolute atomic E-state index is 0.0748. The highest BCUT2D eigenvalue weighted by Crippen LogP contribution is 2.22. The lowest BCUT2D eigenvalue weighted by Crippen LogP contribution is -2.43. The van der Waals surface area contributed by atoms with Crippen LogP contribution in [-0.4, -0.2) is 24.4 Å². The summed E-state index contributed by atoms with van der Waals surface area (Å²) >= 11 is 0. The van der Waals surface area contributed by atoms with Crippen molar-refractivity contribution in [2.45, 2.75) is 12.8 Å². The molecular formula is C22H20N2O5. The Morgan fingerprint density at radius 3 is 2.24 bits per heavy atom. The van der Waals surface area contributed by atoms with E-state index in [0.717, 1.165) is 11.3 Å². The third-order valence-electron chi connectivity index (χ3n) is 4.01. The Morgan fingerprint density at radius 1 is 0.828 bits per heavy atom. The molecule has 1 aromatic heterocycles. The zero-order chi connectivity index (χ0) is 20.5. The molecule has 1 heterocycles. The summed E-state index contributed by atoms with van der Waals surface area (Å²) in [5.41, 5.74) is 5.81. The molecule has 0 unspecified atom stereocenters. The van der Waals surface area contributed by atoms with E-state index in [0.29, 0.717) is 17.7 Å². The Bertz CT molecular complexity index is 967. The molecule has 7 nitrogen and oxygen atoms in total. The van der Waals surface area contributed by atoms with Crippen molar-refractivity contribution >= 4 is 17.8 Å². The van der Waals surface area contributed by atoms with Crippen LogP contribution in [0.5, 0.6) is 0 Å². The van der Waals surface area contributed by atoms with Crippen LogP contribution < -0.4 is 10.9 Å². The van der Waals surface area contributed by atoms with Crippen molar-refractivity contribution in [1.82, 2.24) is 10.9 Å². The molecule has 0 aliphatic heterocycles. The van der Waals surface area contributed by atoms with Gasteiger partial charge >= 0.3 is 5.97 Å². The molecule has 0 atom stereocenters. The molecule has 2 N–H and O–H groups in total. The Labute approximate surface area is 167 Å². The Balaban J connectivity index is 1.36. The van der Waals surface area contributed by atoms with E-state index in [9.17, 15) is 14.4 Å². The first-order valence-corrected chi connectivity index (χ1v) is 9.06. The molecule has 0 saturated heterocycles. The number of aryl methyl sites for hydroxylation is 1. The lowest BCUT2D eigenvalue weighted by molar-refractivity contribution is -0.148. The van der Waals surface area contributed by atoms with Gasteiger partial charge in [0.1, 0.15) is 11.5 Å². The minimum atomic E-state index is -0.632. The van der Waals surface area contributed by atoms with E-state index >= 15 is 0 Å². The molecular weight excluding hydrogens is 372 g/mol. The van der Waals surface area contributed by atoms with Crippen LogP contribution in [0.3, 0.4) is 0 Å². The van der Waals surface area contributed by atoms with Crippen LogP contribution in [0.25, 0.3) is 11.3 Å². The fourth-order valence-corrected chi connectivity index (χ4v) is 2.54. The first-order chi connectivity index (χ1) is 14.1. The van der Waals surface area contributed by atoms with Gasteiger partial charge in [-0.1, -0.05) is 48.5 Å². The van der Waals surface area contributed by atoms with Gasteiger partial charge in [-0.25, -0.2) is 0 Å². The molecule has 0 fully saturated rings. The van der Waals surface area contributed by atoms with Gasteiger partial charge in [-0.2, -0.15) is 0 Å². The van der Waals surface area contributed by atoms with Gasteiger partial charge in [0.15, 0.2) is 6.61 Å². The fraction of sp³-hybridized carbons (Fsp3) is 0.136. The van der Waals surface area contributed by atoms with Crippen molar-refractivity contribution in [3.05, 3.63) is 84.1 Å². The van der Waals surface area contributed by atoms with E-state index in [2.05, 4.69) is 10.9 Å². The second-order valence-electron chi connectivity index (χ2n) is 6.16. The maximum Gasteiger partial charge on any atom is 0.306 e. The van der Waals surface area contributed by atoms with E-state index in [1.807, 2.05) is 36.4 Å². The monoisotopic (exact) mass is 392 g/mol. The third kappa shape index (κ3) is 6.07. The van der Waals surface area contributed by atoms with Gasteiger partial charge in [0.25, 0.3) is 11.8 Å². The number of furan rings is 1. The molecule has 0 bridgehead atoms. The van der Waals surface area contributed by atoms with E-state index in [1.54, 1.807) is 36.4 Å². The summed E-state index contributed by atoms with van der Waals surface area (Å²) in [5.74, 6) is -0.251. The predicted octanol–water partition coefficient (Wildman–Crippen LogP) is 2.88. The van der Waals surface area contributed by atoms with Gasteiger partial charge in [0.2, 0.25) is 0 Å². The number of hydrogen-bond donors (Lipinski definition) is 2. The van der Waals surface area contributed by atoms with Crippen molar-refractivity contribution in [2.24, 2.45) is 0 Å². The number of nitrogens with one attached hydrogen (secondary N) is 2. The summed E-state index contributed by atoms with van der Waals surface area (Å²) in [5, 5.41) is 0. The van der Waals surface area contributed by atoms with E-state index in [-0.39, 0.29) is 6.42 Å². The van der Waals surface area contributed by atoms with Crippen molar-refractivity contribution in [3.8, 4) is 11.3 Å². The quantitative estimate of drug-likeness (QED) is 0.476. The minimum Gasteiger partial charge on any atom is -0.461 e. The third-order valence-corrected chi connectivity index (χ3v) is 4.01. The number of rotatable bonds is 7. The van der Waals surface area contributed by atoms with E-state index in [1.165, 1.54) is 0 Å². The van der Waals surface area contributed by atoms with Crippen molar-refractivity contribution in [1.29, 1.82) is 0 Å². The van der Waals surface area contributed by atoms with Crippen LogP contribution in [0.1, 0.15) is 22.5 Å². The van der Waals surface area contributed by atoms with Gasteiger partial charge in [0, 0.05) is 17.5 Å². The maximum atomic E-state index is 11.8. The highest BCUT2D eigenvalue weighted by molar-refractivity contribution is 5.95. The topological polar surface area (TPSA) is 97.6 Å². The normalized spacial score (nSPS) is 10.2. The number of benzene rings is 2. The van der Waals surface area contributed by atoms with E-state index < -0.39 is 24.4 Å². The average Bonchev–Trinajstić information content (AvgIpc) is 3.25. The number of hydrogen-bond acceptors (Lipinski definition) is 5. The van der Waals surface area contributed by atoms with Crippen LogP contribution in [-0.2, 0) is 20.7 Å². The smallest absolute Gasteiger partial charge is 0.306 e. The lowest BCUT2D eigenvalue weighted by Gasteiger charge is -2.08. The Hall–Kier alpha value is -3.87. The fourth-order valence-electron chi connectivity index (χ4n) is 2.54. The Kier molecular flexibility index (Phi) is 6.78. The predicted molar refractivity (Wildman–Crippen MR) is 105 cm³/mol. The molecule has 2 amide bonds. The molecule has 3 rings (SSSR count). The number of amides is 2. The van der Waals surface area contributed by atoms with Gasteiger partial charge in [-0.15, -0.1) is 0 Å². The number of ether oxygens (including phenoxy) is 1. The standard InChI is InChI=1S/C22H20N2O5/c25-20(23-24-22(27)17-9-5-2-6-10-17)15-28-21(26)14-12-18-11-13-19(29-18)16-7-3-1-4-8-16/h1-11,13H,12,14-15H2,(H,23,25)(H,24,27). The van der Waals surface area contributed by atoms with Gasteiger partial charge in [-0.05, 0) is 24.3 Å². The van der Waals surface area contributed by atoms with Gasteiger partial charge < -0.3 is 9.15 Å². The maximum absolute atomic E-state index is 11.8. The van der Waals surface area contributed by atoms with Crippen molar-refractivity contribution in [2.75, 3.05) is 6.61 Å². The van der Waals surface area contributed by atoms with Crippen LogP contribution in [0.2, 0.25) is 0 Å². The molecule has 3 aromatic rings. The van der Waals surface area contributed by atoms with E-state index in [4.69, 9.17) is 9.15 Å². The summed E-state index contributed by atoms with van der Waals surface area (Å²) in [6, 6.07) is 21.7. The molecule has 29 heavy (non-hydrogen) atoms. The molecule has 148 valence electrons. The number of hydrazine groups is 1. The van der Waals surface area contributed by atoms with Crippen LogP contribution >= 0.6 is 0 Å². The first-order valence-electron chi connectivity index (χ1n) is 9.06. The van der Waals surface area contributed by atoms with Crippen LogP contribution in [0, 0.1) is 0 Å². The molecule has 0 saturated carbocycles. The highest BCUT2D eigenvalue weighted by atomic mass is 16.5. The largest absolute Gasteiger partial charge is 0.461 e. The molecule has 0 aliphatic carbocycles. The second kappa shape index (κ2) is 9.89. The average molecular weight is 392 g/mol. The summed E-state index contributed by atoms with van der Waals surface area (Å²) in [7, 11) is 0. The Morgan fingerprint density at radius 2 is 1.52 bits per heavy atom. The number of esters is 1. The lowest BCUT2D eigenvalue weighted by atomic mass is 10.2. The zero-order valence-corrected chi connectivity index (χ0v) is 15.6. The molecule has 0 radical (unpaired) electrons. The van der Waals surface area contributed by atoms with Gasteiger partial charge in [-0.3, -0.25) is 25.2 Å². The van der Waals surface area contributed by atoms with Crippen molar-refractivity contribution < 1.29 is 23.5 Å². The number of carbonyl (C=O) groups is 3. The summed E-state index contributed by atoms with van der Waals surface area (Å²) < 4.78 is 10.6. The molecule has 0 spiro atoms. The zero-order valence-electron chi connectivity index (χ0n) is 15.6.